The summed E-state index contributed by atoms with van der Waals surface area (Å²) >= 11 is 0. The molecule has 0 spiro atoms. The molecule has 2 nitrogen and oxygen atoms in total. The summed E-state index contributed by atoms with van der Waals surface area (Å²) in [7, 11) is 0. The minimum Gasteiger partial charge on any atom is -0.448 e. The second-order valence-electron chi connectivity index (χ2n) is 9.68. The maximum atomic E-state index is 9.00. The summed E-state index contributed by atoms with van der Waals surface area (Å²) in [4.78, 5) is 0. The lowest BCUT2D eigenvalue weighted by molar-refractivity contribution is -0.347. The molecule has 0 aromatic heterocycles. The molecule has 0 unspecified atom stereocenters. The molecule has 0 radical (unpaired) electrons. The van der Waals surface area contributed by atoms with Gasteiger partial charge in [0.2, 0.25) is 11.4 Å². The predicted molar refractivity (Wildman–Crippen MR) is 148 cm³/mol. The van der Waals surface area contributed by atoms with Gasteiger partial charge in [0.15, 0.2) is 0 Å². The van der Waals surface area contributed by atoms with Gasteiger partial charge in [-0.2, -0.15) is 0 Å². The van der Waals surface area contributed by atoms with Crippen molar-refractivity contribution in [2.45, 2.75) is 97.8 Å². The van der Waals surface area contributed by atoms with Crippen molar-refractivity contribution in [3.63, 3.8) is 0 Å². The molecule has 0 fully saturated rings. The number of nitrogens with zero attached hydrogens (tertiary/aromatic N) is 1. The van der Waals surface area contributed by atoms with E-state index in [1.54, 1.807) is 4.68 Å². The first-order valence-electron chi connectivity index (χ1n) is 13.7. The molecule has 0 aliphatic carbocycles. The lowest BCUT2D eigenvalue weighted by Crippen LogP contribution is -2.11. The van der Waals surface area contributed by atoms with Gasteiger partial charge in [-0.05, 0) is 67.5 Å². The van der Waals surface area contributed by atoms with Crippen LogP contribution >= 0.6 is 0 Å². The van der Waals surface area contributed by atoms with Gasteiger partial charge < -0.3 is 5.84 Å². The Morgan fingerprint density at radius 2 is 1.18 bits per heavy atom. The highest BCUT2D eigenvalue weighted by molar-refractivity contribution is 6.14. The average Bonchev–Trinajstić information content (AvgIpc) is 3.20. The zero-order chi connectivity index (χ0) is 24.2. The van der Waals surface area contributed by atoms with Crippen LogP contribution in [0.4, 0.5) is 0 Å². The topological polar surface area (TPSA) is 26.8 Å². The normalized spacial score (nSPS) is 14.8. The minimum atomic E-state index is 0.971. The van der Waals surface area contributed by atoms with Crippen LogP contribution in [0.2, 0.25) is 0 Å². The summed E-state index contributed by atoms with van der Waals surface area (Å²) in [5.41, 5.74) is 8.20. The highest BCUT2D eigenvalue weighted by Gasteiger charge is 2.27. The van der Waals surface area contributed by atoms with E-state index in [4.69, 9.17) is 5.84 Å². The first-order valence-corrected chi connectivity index (χ1v) is 13.7. The average molecular weight is 457 g/mol. The first-order chi connectivity index (χ1) is 16.7. The van der Waals surface area contributed by atoms with Crippen molar-refractivity contribution in [3.8, 4) is 0 Å². The predicted octanol–water partition coefficient (Wildman–Crippen LogP) is 9.48. The third-order valence-corrected chi connectivity index (χ3v) is 6.80. The fourth-order valence-electron chi connectivity index (χ4n) is 4.68. The van der Waals surface area contributed by atoms with Crippen molar-refractivity contribution in [1.29, 1.82) is 0 Å². The monoisotopic (exact) mass is 456 g/mol. The van der Waals surface area contributed by atoms with E-state index in [2.05, 4.69) is 81.5 Å². The molecule has 1 heterocycles. The summed E-state index contributed by atoms with van der Waals surface area (Å²) in [6, 6.07) is 17.8. The van der Waals surface area contributed by atoms with Crippen molar-refractivity contribution >= 4 is 11.4 Å². The van der Waals surface area contributed by atoms with Gasteiger partial charge in [-0.1, -0.05) is 96.1 Å². The Labute approximate surface area is 208 Å². The zero-order valence-corrected chi connectivity index (χ0v) is 21.7. The van der Waals surface area contributed by atoms with E-state index in [1.807, 2.05) is 0 Å². The van der Waals surface area contributed by atoms with E-state index < -0.39 is 0 Å². The van der Waals surface area contributed by atoms with Gasteiger partial charge in [0.25, 0.3) is 0 Å². The Hall–Kier alpha value is -2.61. The van der Waals surface area contributed by atoms with E-state index >= 15 is 0 Å². The number of unbranched alkanes of at least 4 members (excludes halogenated alkanes) is 7. The van der Waals surface area contributed by atoms with Crippen LogP contribution in [0.3, 0.4) is 0 Å². The number of allylic oxidation sites excluding steroid dienone is 3. The maximum Gasteiger partial charge on any atom is 0.215 e. The molecule has 182 valence electrons. The standard InChI is InChI=1S/C32H44N2/c1-4-7-10-12-14-26-17-21-28(22-18-26)31-25-30(16-9-6-3)32(34(31)33)29-23-19-27(20-24-29)15-13-11-8-5-2/h16-25,33H,4-15H2,1-3H3. The summed E-state index contributed by atoms with van der Waals surface area (Å²) in [5.74, 6) is 9.00. The van der Waals surface area contributed by atoms with Crippen LogP contribution in [-0.4, -0.2) is 10.4 Å². The number of aryl methyl sites for hydroxylation is 2. The van der Waals surface area contributed by atoms with Crippen molar-refractivity contribution in [2.75, 3.05) is 0 Å². The SMILES string of the molecule is CCCC=C1C=C(c2ccc(CCCCCC)cc2)[N+]([NH-])=C1c1ccc(CCCCCC)cc1. The lowest BCUT2D eigenvalue weighted by Gasteiger charge is -2.09. The van der Waals surface area contributed by atoms with Gasteiger partial charge in [-0.25, -0.2) is 4.68 Å². The fraction of sp³-hybridized carbons (Fsp3) is 0.469. The quantitative estimate of drug-likeness (QED) is 0.200. The Bertz CT molecular complexity index is 975. The summed E-state index contributed by atoms with van der Waals surface area (Å²) < 4.78 is 1.65. The van der Waals surface area contributed by atoms with Crippen molar-refractivity contribution in [2.24, 2.45) is 0 Å². The number of rotatable bonds is 14. The van der Waals surface area contributed by atoms with Crippen LogP contribution in [0.5, 0.6) is 0 Å². The second kappa shape index (κ2) is 13.9. The van der Waals surface area contributed by atoms with Gasteiger partial charge in [0.05, 0.1) is 0 Å². The molecule has 0 amide bonds. The number of benzene rings is 2. The number of hydrogen-bond donors (Lipinski definition) is 0. The van der Waals surface area contributed by atoms with Crippen LogP contribution in [0.15, 0.2) is 66.3 Å². The Morgan fingerprint density at radius 1 is 0.647 bits per heavy atom. The minimum absolute atomic E-state index is 0.971. The van der Waals surface area contributed by atoms with Gasteiger partial charge >= 0.3 is 0 Å². The summed E-state index contributed by atoms with van der Waals surface area (Å²) in [5, 5.41) is 0. The first kappa shape index (κ1) is 26.0. The van der Waals surface area contributed by atoms with Crippen molar-refractivity contribution in [1.82, 2.24) is 0 Å². The molecule has 0 bridgehead atoms. The van der Waals surface area contributed by atoms with Crippen LogP contribution < -0.4 is 0 Å². The third kappa shape index (κ3) is 7.19. The molecule has 0 saturated carbocycles. The van der Waals surface area contributed by atoms with Crippen LogP contribution in [-0.2, 0) is 12.8 Å². The zero-order valence-electron chi connectivity index (χ0n) is 21.7. The Balaban J connectivity index is 1.78. The van der Waals surface area contributed by atoms with Crippen LogP contribution in [0, 0.1) is 0 Å². The van der Waals surface area contributed by atoms with E-state index in [1.165, 1.54) is 68.1 Å². The van der Waals surface area contributed by atoms with E-state index in [9.17, 15) is 0 Å². The maximum absolute atomic E-state index is 9.00. The van der Waals surface area contributed by atoms with Crippen LogP contribution in [0.1, 0.15) is 107 Å². The third-order valence-electron chi connectivity index (χ3n) is 6.80. The molecule has 3 rings (SSSR count). The molecule has 2 heteroatoms. The summed E-state index contributed by atoms with van der Waals surface area (Å²) in [6.07, 6.45) is 19.3. The van der Waals surface area contributed by atoms with Crippen LogP contribution in [0.25, 0.3) is 11.5 Å². The van der Waals surface area contributed by atoms with Gasteiger partial charge in [-0.3, -0.25) is 0 Å². The van der Waals surface area contributed by atoms with Crippen molar-refractivity contribution < 1.29 is 4.68 Å². The fourth-order valence-corrected chi connectivity index (χ4v) is 4.68. The molecule has 0 saturated heterocycles. The molecule has 1 aliphatic heterocycles. The highest BCUT2D eigenvalue weighted by Crippen LogP contribution is 2.29. The lowest BCUT2D eigenvalue weighted by atomic mass is 9.99. The molecule has 2 aromatic rings. The molecular formula is C32H44N2. The van der Waals surface area contributed by atoms with Gasteiger partial charge in [-0.15, -0.1) is 0 Å². The molecule has 34 heavy (non-hydrogen) atoms. The van der Waals surface area contributed by atoms with E-state index in [0.717, 1.165) is 48.2 Å². The highest BCUT2D eigenvalue weighted by atomic mass is 15.3. The molecule has 0 atom stereocenters. The molecule has 1 N–H and O–H groups in total. The van der Waals surface area contributed by atoms with E-state index in [0.29, 0.717) is 0 Å². The van der Waals surface area contributed by atoms with Gasteiger partial charge in [0.1, 0.15) is 0 Å². The summed E-state index contributed by atoms with van der Waals surface area (Å²) in [6.45, 7) is 6.73. The van der Waals surface area contributed by atoms with Crippen molar-refractivity contribution in [3.05, 3.63) is 94.4 Å². The van der Waals surface area contributed by atoms with E-state index in [-0.39, 0.29) is 0 Å². The molecule has 2 aromatic carbocycles. The number of nitrogens with one attached hydrogen (secondary N) is 1. The molecular weight excluding hydrogens is 412 g/mol. The molecule has 1 aliphatic rings. The smallest absolute Gasteiger partial charge is 0.215 e. The second-order valence-corrected chi connectivity index (χ2v) is 9.68. The largest absolute Gasteiger partial charge is 0.448 e. The number of hydrogen-bond acceptors (Lipinski definition) is 0. The van der Waals surface area contributed by atoms with Gasteiger partial charge in [0, 0.05) is 22.8 Å². The Kier molecular flexibility index (Phi) is 10.7. The Morgan fingerprint density at radius 3 is 1.68 bits per heavy atom.